The fourth-order valence-electron chi connectivity index (χ4n) is 0.645. The molecular weight excluding hydrogens is 150 g/mol. The van der Waals surface area contributed by atoms with Gasteiger partial charge in [-0.3, -0.25) is 14.9 Å². The van der Waals surface area contributed by atoms with Gasteiger partial charge in [-0.25, -0.2) is 0 Å². The van der Waals surface area contributed by atoms with Crippen LogP contribution in [0, 0.1) is 10.1 Å². The van der Waals surface area contributed by atoms with Crippen LogP contribution in [0.15, 0.2) is 0 Å². The summed E-state index contributed by atoms with van der Waals surface area (Å²) >= 11 is 0. The van der Waals surface area contributed by atoms with Gasteiger partial charge in [0, 0.05) is 0 Å². The van der Waals surface area contributed by atoms with Crippen LogP contribution in [0.2, 0.25) is 0 Å². The molecular formula is C5H14N3O3+. The lowest BCUT2D eigenvalue weighted by molar-refractivity contribution is -1.03. The van der Waals surface area contributed by atoms with Crippen LogP contribution in [0.4, 0.5) is 0 Å². The first kappa shape index (κ1) is 10.3. The molecule has 0 radical (unpaired) electrons. The molecule has 0 amide bonds. The molecule has 1 atom stereocenters. The third kappa shape index (κ3) is 3.26. The molecule has 0 rings (SSSR count). The molecule has 0 aromatic heterocycles. The van der Waals surface area contributed by atoms with Crippen molar-refractivity contribution in [2.45, 2.75) is 13.3 Å². The predicted molar refractivity (Wildman–Crippen MR) is 38.7 cm³/mol. The highest BCUT2D eigenvalue weighted by Gasteiger charge is 2.36. The summed E-state index contributed by atoms with van der Waals surface area (Å²) in [5, 5.41) is 10.3. The first-order valence-corrected chi connectivity index (χ1v) is 3.27. The van der Waals surface area contributed by atoms with E-state index in [-0.39, 0.29) is 11.2 Å². The van der Waals surface area contributed by atoms with Gasteiger partial charge in [0.25, 0.3) is 0 Å². The number of ether oxygens (including phenoxy) is 1. The Labute approximate surface area is 65.2 Å². The van der Waals surface area contributed by atoms with Gasteiger partial charge in [-0.2, -0.15) is 10.4 Å². The zero-order valence-electron chi connectivity index (χ0n) is 6.98. The van der Waals surface area contributed by atoms with Crippen LogP contribution in [0.25, 0.3) is 0 Å². The standard InChI is InChI=1S/C5H14N3O3/c1-4-11-5(7(9)10)8(2,3)6/h5H,4,6H2,1-3H3/q+1. The van der Waals surface area contributed by atoms with E-state index in [4.69, 9.17) is 10.6 Å². The summed E-state index contributed by atoms with van der Waals surface area (Å²) < 4.78 is 4.50. The van der Waals surface area contributed by atoms with Gasteiger partial charge in [-0.1, -0.05) is 0 Å². The molecule has 11 heavy (non-hydrogen) atoms. The first-order chi connectivity index (χ1) is 4.89. The molecule has 2 N–H and O–H groups in total. The zero-order chi connectivity index (χ0) is 9.07. The number of hydrogen-bond acceptors (Lipinski definition) is 4. The number of nitrogens with two attached hydrogens (primary N) is 1. The van der Waals surface area contributed by atoms with Crippen LogP contribution in [-0.4, -0.2) is 36.6 Å². The van der Waals surface area contributed by atoms with E-state index < -0.39 is 11.3 Å². The maximum Gasteiger partial charge on any atom is 0.470 e. The second-order valence-corrected chi connectivity index (χ2v) is 2.70. The molecule has 0 saturated carbocycles. The molecule has 6 nitrogen and oxygen atoms in total. The number of hydrogen-bond donors (Lipinski definition) is 1. The molecule has 0 saturated heterocycles. The Kier molecular flexibility index (Phi) is 3.37. The van der Waals surface area contributed by atoms with Crippen molar-refractivity contribution in [3.8, 4) is 0 Å². The molecule has 0 aliphatic heterocycles. The first-order valence-electron chi connectivity index (χ1n) is 3.27. The molecule has 0 spiro atoms. The monoisotopic (exact) mass is 164 g/mol. The fourth-order valence-corrected chi connectivity index (χ4v) is 0.645. The Bertz CT molecular complexity index is 142. The fraction of sp³-hybridized carbons (Fsp3) is 1.00. The highest BCUT2D eigenvalue weighted by atomic mass is 16.7. The Hall–Kier alpha value is -0.720. The Balaban J connectivity index is 4.22. The van der Waals surface area contributed by atoms with Crippen LogP contribution in [0.3, 0.4) is 0 Å². The molecule has 6 heteroatoms. The van der Waals surface area contributed by atoms with Crippen molar-refractivity contribution < 1.29 is 14.3 Å². The Morgan fingerprint density at radius 1 is 1.73 bits per heavy atom. The number of quaternary nitrogens is 1. The quantitative estimate of drug-likeness (QED) is 0.200. The van der Waals surface area contributed by atoms with Crippen LogP contribution < -0.4 is 5.84 Å². The molecule has 66 valence electrons. The summed E-state index contributed by atoms with van der Waals surface area (Å²) in [6.07, 6.45) is -1.18. The summed E-state index contributed by atoms with van der Waals surface area (Å²) in [7, 11) is 3.01. The van der Waals surface area contributed by atoms with Gasteiger partial charge in [0.05, 0.1) is 20.7 Å². The van der Waals surface area contributed by atoms with Crippen molar-refractivity contribution in [2.75, 3.05) is 20.7 Å². The van der Waals surface area contributed by atoms with Crippen molar-refractivity contribution in [2.24, 2.45) is 5.84 Å². The van der Waals surface area contributed by atoms with Crippen molar-refractivity contribution in [3.63, 3.8) is 0 Å². The van der Waals surface area contributed by atoms with Crippen molar-refractivity contribution in [1.29, 1.82) is 0 Å². The van der Waals surface area contributed by atoms with Crippen molar-refractivity contribution >= 4 is 0 Å². The van der Waals surface area contributed by atoms with Crippen LogP contribution in [-0.2, 0) is 4.74 Å². The molecule has 0 aromatic carbocycles. The van der Waals surface area contributed by atoms with Gasteiger partial charge >= 0.3 is 6.35 Å². The van der Waals surface area contributed by atoms with E-state index in [1.807, 2.05) is 0 Å². The highest BCUT2D eigenvalue weighted by molar-refractivity contribution is 4.21. The lowest BCUT2D eigenvalue weighted by Crippen LogP contribution is -2.59. The Morgan fingerprint density at radius 3 is 2.27 bits per heavy atom. The normalized spacial score (nSPS) is 14.5. The zero-order valence-corrected chi connectivity index (χ0v) is 6.98. The van der Waals surface area contributed by atoms with E-state index in [1.54, 1.807) is 6.92 Å². The largest absolute Gasteiger partial charge is 0.470 e. The highest BCUT2D eigenvalue weighted by Crippen LogP contribution is 2.01. The van der Waals surface area contributed by atoms with E-state index in [0.29, 0.717) is 0 Å². The number of rotatable bonds is 4. The molecule has 0 bridgehead atoms. The van der Waals surface area contributed by atoms with E-state index in [9.17, 15) is 10.1 Å². The van der Waals surface area contributed by atoms with Crippen LogP contribution >= 0.6 is 0 Å². The third-order valence-corrected chi connectivity index (χ3v) is 1.07. The second-order valence-electron chi connectivity index (χ2n) is 2.70. The van der Waals surface area contributed by atoms with E-state index >= 15 is 0 Å². The van der Waals surface area contributed by atoms with Gasteiger partial charge in [-0.05, 0) is 6.92 Å². The summed E-state index contributed by atoms with van der Waals surface area (Å²) in [4.78, 5) is 9.78. The minimum absolute atomic E-state index is 0.282. The van der Waals surface area contributed by atoms with E-state index in [0.717, 1.165) is 0 Å². The number of nitrogens with zero attached hydrogens (tertiary/aromatic N) is 2. The van der Waals surface area contributed by atoms with Gasteiger partial charge in [0.2, 0.25) is 0 Å². The van der Waals surface area contributed by atoms with Gasteiger partial charge in [0.15, 0.2) is 0 Å². The van der Waals surface area contributed by atoms with Gasteiger partial charge < -0.3 is 0 Å². The average Bonchev–Trinajstić information content (AvgIpc) is 1.79. The minimum Gasteiger partial charge on any atom is -0.267 e. The minimum atomic E-state index is -1.18. The molecule has 0 aliphatic rings. The molecule has 0 aromatic rings. The van der Waals surface area contributed by atoms with Crippen LogP contribution in [0.5, 0.6) is 0 Å². The third-order valence-electron chi connectivity index (χ3n) is 1.07. The topological polar surface area (TPSA) is 78.4 Å². The van der Waals surface area contributed by atoms with Crippen molar-refractivity contribution in [3.05, 3.63) is 10.1 Å². The number of nitro groups is 1. The van der Waals surface area contributed by atoms with E-state index in [1.165, 1.54) is 14.1 Å². The lowest BCUT2D eigenvalue weighted by Gasteiger charge is -2.23. The Morgan fingerprint density at radius 2 is 2.18 bits per heavy atom. The molecule has 1 unspecified atom stereocenters. The van der Waals surface area contributed by atoms with Crippen molar-refractivity contribution in [1.82, 2.24) is 0 Å². The smallest absolute Gasteiger partial charge is 0.267 e. The maximum atomic E-state index is 10.3. The van der Waals surface area contributed by atoms with Gasteiger partial charge in [-0.15, -0.1) is 0 Å². The average molecular weight is 164 g/mol. The predicted octanol–water partition coefficient (Wildman–Crippen LogP) is -0.467. The molecule has 0 aliphatic carbocycles. The molecule has 0 heterocycles. The summed E-state index contributed by atoms with van der Waals surface area (Å²) in [5.74, 6) is 5.44. The maximum absolute atomic E-state index is 10.3. The SMILES string of the molecule is CCOC([N+](=O)[O-])[N+](C)(C)N. The molecule has 0 fully saturated rings. The van der Waals surface area contributed by atoms with E-state index in [2.05, 4.69) is 0 Å². The summed E-state index contributed by atoms with van der Waals surface area (Å²) in [6, 6.07) is 0. The summed E-state index contributed by atoms with van der Waals surface area (Å²) in [5.41, 5.74) is 0. The second kappa shape index (κ2) is 3.61. The van der Waals surface area contributed by atoms with Crippen LogP contribution in [0.1, 0.15) is 6.92 Å². The summed E-state index contributed by atoms with van der Waals surface area (Å²) in [6.45, 7) is 1.97. The van der Waals surface area contributed by atoms with Gasteiger partial charge in [0.1, 0.15) is 4.92 Å². The lowest BCUT2D eigenvalue weighted by atomic mass is 10.7.